The number of rotatable bonds is 5. The maximum absolute atomic E-state index is 11.2. The lowest BCUT2D eigenvalue weighted by atomic mass is 10.2. The van der Waals surface area contributed by atoms with Crippen LogP contribution in [0.1, 0.15) is 21.6 Å². The summed E-state index contributed by atoms with van der Waals surface area (Å²) in [5.41, 5.74) is 4.77. The van der Waals surface area contributed by atoms with Gasteiger partial charge in [-0.15, -0.1) is 16.9 Å². The average molecular weight is 291 g/mol. The van der Waals surface area contributed by atoms with Crippen molar-refractivity contribution in [1.29, 1.82) is 0 Å². The lowest BCUT2D eigenvalue weighted by Gasteiger charge is -2.06. The van der Waals surface area contributed by atoms with Crippen LogP contribution in [0.3, 0.4) is 0 Å². The molecule has 0 unspecified atom stereocenters. The van der Waals surface area contributed by atoms with Crippen LogP contribution in [0.2, 0.25) is 0 Å². The summed E-state index contributed by atoms with van der Waals surface area (Å²) in [5.74, 6) is 5.47. The van der Waals surface area contributed by atoms with Crippen LogP contribution in [-0.4, -0.2) is 26.7 Å². The number of benzene rings is 1. The van der Waals surface area contributed by atoms with E-state index in [0.717, 1.165) is 5.75 Å². The summed E-state index contributed by atoms with van der Waals surface area (Å²) >= 11 is 1.77. The van der Waals surface area contributed by atoms with Crippen molar-refractivity contribution in [2.24, 2.45) is 5.84 Å². The summed E-state index contributed by atoms with van der Waals surface area (Å²) in [4.78, 5) is 12.5. The predicted octanol–water partition coefficient (Wildman–Crippen LogP) is 1.29. The first-order chi connectivity index (χ1) is 9.60. The Labute approximate surface area is 121 Å². The molecule has 6 nitrogen and oxygen atoms in total. The molecule has 0 atom stereocenters. The van der Waals surface area contributed by atoms with Gasteiger partial charge in [0.25, 0.3) is 5.91 Å². The first-order valence-electron chi connectivity index (χ1n) is 6.21. The van der Waals surface area contributed by atoms with E-state index in [1.807, 2.05) is 5.43 Å². The second-order valence-corrected chi connectivity index (χ2v) is 5.59. The lowest BCUT2D eigenvalue weighted by Crippen LogP contribution is -2.30. The smallest absolute Gasteiger partial charge is 0.287 e. The zero-order valence-corrected chi connectivity index (χ0v) is 12.3. The SMILES string of the molecule is Cc1ccc(C)c(SCCn2cc(C(=O)NN)nn2)c1. The molecular formula is C13H17N5OS. The molecule has 1 aromatic carbocycles. The topological polar surface area (TPSA) is 85.8 Å². The summed E-state index contributed by atoms with van der Waals surface area (Å²) in [7, 11) is 0. The minimum absolute atomic E-state index is 0.226. The van der Waals surface area contributed by atoms with E-state index >= 15 is 0 Å². The number of nitrogens with zero attached hydrogens (tertiary/aromatic N) is 3. The molecule has 1 aromatic heterocycles. The molecule has 0 saturated heterocycles. The van der Waals surface area contributed by atoms with Gasteiger partial charge in [-0.2, -0.15) is 0 Å². The first kappa shape index (κ1) is 14.5. The Hall–Kier alpha value is -1.86. The maximum Gasteiger partial charge on any atom is 0.287 e. The van der Waals surface area contributed by atoms with Gasteiger partial charge < -0.3 is 0 Å². The molecule has 1 amide bonds. The Balaban J connectivity index is 1.91. The number of carbonyl (C=O) groups excluding carboxylic acids is 1. The number of aryl methyl sites for hydroxylation is 3. The second kappa shape index (κ2) is 6.53. The molecule has 0 spiro atoms. The van der Waals surface area contributed by atoms with Crippen LogP contribution < -0.4 is 11.3 Å². The molecular weight excluding hydrogens is 274 g/mol. The van der Waals surface area contributed by atoms with E-state index < -0.39 is 5.91 Å². The van der Waals surface area contributed by atoms with E-state index in [-0.39, 0.29) is 5.69 Å². The number of nitrogen functional groups attached to an aromatic ring is 1. The summed E-state index contributed by atoms with van der Waals surface area (Å²) < 4.78 is 1.64. The van der Waals surface area contributed by atoms with E-state index in [9.17, 15) is 4.79 Å². The number of thioether (sulfide) groups is 1. The Morgan fingerprint density at radius 1 is 1.45 bits per heavy atom. The van der Waals surface area contributed by atoms with Crippen molar-refractivity contribution in [2.45, 2.75) is 25.3 Å². The quantitative estimate of drug-likeness (QED) is 0.375. The summed E-state index contributed by atoms with van der Waals surface area (Å²) in [6, 6.07) is 6.40. The van der Waals surface area contributed by atoms with E-state index in [0.29, 0.717) is 6.54 Å². The van der Waals surface area contributed by atoms with Crippen molar-refractivity contribution in [3.05, 3.63) is 41.2 Å². The number of nitrogens with one attached hydrogen (secondary N) is 1. The van der Waals surface area contributed by atoms with Gasteiger partial charge in [-0.3, -0.25) is 14.9 Å². The molecule has 7 heteroatoms. The molecule has 2 rings (SSSR count). The van der Waals surface area contributed by atoms with E-state index in [2.05, 4.69) is 42.4 Å². The van der Waals surface area contributed by atoms with E-state index in [4.69, 9.17) is 5.84 Å². The van der Waals surface area contributed by atoms with Crippen molar-refractivity contribution in [2.75, 3.05) is 5.75 Å². The molecule has 0 radical (unpaired) electrons. The lowest BCUT2D eigenvalue weighted by molar-refractivity contribution is 0.0948. The predicted molar refractivity (Wildman–Crippen MR) is 78.3 cm³/mol. The van der Waals surface area contributed by atoms with Crippen molar-refractivity contribution < 1.29 is 4.79 Å². The normalized spacial score (nSPS) is 10.6. The molecule has 0 aliphatic heterocycles. The molecule has 20 heavy (non-hydrogen) atoms. The van der Waals surface area contributed by atoms with Crippen molar-refractivity contribution >= 4 is 17.7 Å². The Morgan fingerprint density at radius 3 is 3.00 bits per heavy atom. The minimum atomic E-state index is -0.432. The standard InChI is InChI=1S/C13H17N5OS/c1-9-3-4-10(2)12(7-9)20-6-5-18-8-11(16-17-18)13(19)15-14/h3-4,7-8H,5-6,14H2,1-2H3,(H,15,19). The molecule has 0 bridgehead atoms. The van der Waals surface area contributed by atoms with Gasteiger partial charge in [-0.05, 0) is 25.5 Å². The third-order valence-corrected chi connectivity index (χ3v) is 3.96. The maximum atomic E-state index is 11.2. The molecule has 0 fully saturated rings. The molecule has 2 aromatic rings. The van der Waals surface area contributed by atoms with Crippen LogP contribution in [0.25, 0.3) is 0 Å². The van der Waals surface area contributed by atoms with Crippen LogP contribution in [0, 0.1) is 13.8 Å². The van der Waals surface area contributed by atoms with Gasteiger partial charge in [-0.25, -0.2) is 5.84 Å². The summed E-state index contributed by atoms with van der Waals surface area (Å²) in [5, 5.41) is 7.65. The van der Waals surface area contributed by atoms with Crippen LogP contribution >= 0.6 is 11.8 Å². The second-order valence-electron chi connectivity index (χ2n) is 4.46. The summed E-state index contributed by atoms with van der Waals surface area (Å²) in [6.45, 7) is 4.86. The molecule has 0 aliphatic carbocycles. The number of hydrogen-bond acceptors (Lipinski definition) is 5. The minimum Gasteiger partial charge on any atom is -0.289 e. The third kappa shape index (κ3) is 3.58. The zero-order valence-electron chi connectivity index (χ0n) is 11.5. The Kier molecular flexibility index (Phi) is 4.75. The van der Waals surface area contributed by atoms with E-state index in [1.54, 1.807) is 22.6 Å². The number of amides is 1. The van der Waals surface area contributed by atoms with Gasteiger partial charge in [0.15, 0.2) is 5.69 Å². The monoisotopic (exact) mass is 291 g/mol. The largest absolute Gasteiger partial charge is 0.289 e. The molecule has 0 aliphatic rings. The van der Waals surface area contributed by atoms with Crippen LogP contribution in [0.4, 0.5) is 0 Å². The number of carbonyl (C=O) groups is 1. The fourth-order valence-electron chi connectivity index (χ4n) is 1.70. The highest BCUT2D eigenvalue weighted by Gasteiger charge is 2.08. The van der Waals surface area contributed by atoms with Gasteiger partial charge in [0.1, 0.15) is 0 Å². The first-order valence-corrected chi connectivity index (χ1v) is 7.20. The molecule has 1 heterocycles. The Morgan fingerprint density at radius 2 is 2.25 bits per heavy atom. The van der Waals surface area contributed by atoms with Gasteiger partial charge in [0.2, 0.25) is 0 Å². The number of hydrogen-bond donors (Lipinski definition) is 2. The van der Waals surface area contributed by atoms with Crippen molar-refractivity contribution in [3.8, 4) is 0 Å². The third-order valence-electron chi connectivity index (χ3n) is 2.82. The van der Waals surface area contributed by atoms with Gasteiger partial charge in [0.05, 0.1) is 12.7 Å². The average Bonchev–Trinajstić information content (AvgIpc) is 2.90. The number of hydrazine groups is 1. The van der Waals surface area contributed by atoms with Gasteiger partial charge in [0, 0.05) is 10.6 Å². The highest BCUT2D eigenvalue weighted by molar-refractivity contribution is 7.99. The molecule has 3 N–H and O–H groups in total. The van der Waals surface area contributed by atoms with Crippen LogP contribution in [0.15, 0.2) is 29.3 Å². The fourth-order valence-corrected chi connectivity index (χ4v) is 2.76. The van der Waals surface area contributed by atoms with Gasteiger partial charge in [-0.1, -0.05) is 22.9 Å². The van der Waals surface area contributed by atoms with E-state index in [1.165, 1.54) is 16.0 Å². The summed E-state index contributed by atoms with van der Waals surface area (Å²) in [6.07, 6.45) is 1.59. The number of aromatic nitrogens is 3. The van der Waals surface area contributed by atoms with Gasteiger partial charge >= 0.3 is 0 Å². The fraction of sp³-hybridized carbons (Fsp3) is 0.308. The van der Waals surface area contributed by atoms with Crippen LogP contribution in [0.5, 0.6) is 0 Å². The number of nitrogens with two attached hydrogens (primary N) is 1. The van der Waals surface area contributed by atoms with Crippen molar-refractivity contribution in [1.82, 2.24) is 20.4 Å². The Bertz CT molecular complexity index is 611. The highest BCUT2D eigenvalue weighted by Crippen LogP contribution is 2.23. The van der Waals surface area contributed by atoms with Crippen molar-refractivity contribution in [3.63, 3.8) is 0 Å². The molecule has 106 valence electrons. The zero-order chi connectivity index (χ0) is 14.5. The van der Waals surface area contributed by atoms with Crippen LogP contribution in [-0.2, 0) is 6.54 Å². The highest BCUT2D eigenvalue weighted by atomic mass is 32.2. The molecule has 0 saturated carbocycles.